The minimum absolute atomic E-state index is 0.0207. The van der Waals surface area contributed by atoms with Gasteiger partial charge in [-0.15, -0.1) is 10.2 Å². The fourth-order valence-electron chi connectivity index (χ4n) is 4.09. The molecular formula is C19H20BrN3O3. The average Bonchev–Trinajstić information content (AvgIpc) is 2.98. The number of rotatable bonds is 2. The number of aromatic nitrogens is 3. The average molecular weight is 418 g/mol. The molecule has 0 amide bonds. The van der Waals surface area contributed by atoms with Gasteiger partial charge in [0, 0.05) is 16.8 Å². The number of carbonyl (C=O) groups excluding carboxylic acids is 2. The number of fused-ring (bicyclic) bond motifs is 3. The Kier molecular flexibility index (Phi) is 4.65. The van der Waals surface area contributed by atoms with E-state index in [-0.39, 0.29) is 23.6 Å². The van der Waals surface area contributed by atoms with Crippen LogP contribution in [0.4, 0.5) is 0 Å². The van der Waals surface area contributed by atoms with E-state index < -0.39 is 0 Å². The highest BCUT2D eigenvalue weighted by Gasteiger charge is 2.32. The second kappa shape index (κ2) is 6.95. The minimum Gasteiger partial charge on any atom is -0.469 e. The van der Waals surface area contributed by atoms with Gasteiger partial charge in [-0.05, 0) is 49.4 Å². The van der Waals surface area contributed by atoms with Crippen LogP contribution < -0.4 is 0 Å². The summed E-state index contributed by atoms with van der Waals surface area (Å²) in [6.07, 6.45) is 4.05. The molecule has 0 N–H and O–H groups in total. The number of benzene rings is 1. The van der Waals surface area contributed by atoms with Gasteiger partial charge in [0.25, 0.3) is 0 Å². The normalized spacial score (nSPS) is 22.3. The van der Waals surface area contributed by atoms with E-state index in [4.69, 9.17) is 4.74 Å². The van der Waals surface area contributed by atoms with Gasteiger partial charge in [0.15, 0.2) is 0 Å². The van der Waals surface area contributed by atoms with Crippen LogP contribution in [0.2, 0.25) is 0 Å². The predicted molar refractivity (Wildman–Crippen MR) is 98.2 cm³/mol. The highest BCUT2D eigenvalue weighted by molar-refractivity contribution is 9.10. The van der Waals surface area contributed by atoms with E-state index >= 15 is 0 Å². The summed E-state index contributed by atoms with van der Waals surface area (Å²) in [4.78, 5) is 24.1. The minimum atomic E-state index is -0.121. The van der Waals surface area contributed by atoms with E-state index in [1.807, 2.05) is 18.2 Å². The van der Waals surface area contributed by atoms with Gasteiger partial charge in [0.2, 0.25) is 0 Å². The van der Waals surface area contributed by atoms with Gasteiger partial charge in [-0.1, -0.05) is 15.9 Å². The van der Waals surface area contributed by atoms with Gasteiger partial charge in [0.05, 0.1) is 25.1 Å². The van der Waals surface area contributed by atoms with Crippen molar-refractivity contribution < 1.29 is 14.3 Å². The van der Waals surface area contributed by atoms with Crippen LogP contribution in [0, 0.1) is 5.92 Å². The third kappa shape index (κ3) is 3.09. The molecule has 1 saturated carbocycles. The molecule has 0 radical (unpaired) electrons. The maximum atomic E-state index is 12.3. The lowest BCUT2D eigenvalue weighted by Crippen LogP contribution is -2.23. The van der Waals surface area contributed by atoms with Gasteiger partial charge < -0.3 is 4.74 Å². The summed E-state index contributed by atoms with van der Waals surface area (Å²) < 4.78 is 7.90. The van der Waals surface area contributed by atoms with E-state index in [0.717, 1.165) is 47.2 Å². The monoisotopic (exact) mass is 417 g/mol. The first-order valence-corrected chi connectivity index (χ1v) is 9.68. The van der Waals surface area contributed by atoms with Crippen molar-refractivity contribution in [2.75, 3.05) is 7.11 Å². The van der Waals surface area contributed by atoms with E-state index in [1.165, 1.54) is 7.11 Å². The zero-order chi connectivity index (χ0) is 18.3. The number of nitrogens with zero attached hydrogens (tertiary/aromatic N) is 3. The molecule has 1 aromatic heterocycles. The van der Waals surface area contributed by atoms with Crippen molar-refractivity contribution in [2.45, 2.75) is 44.4 Å². The molecule has 0 atom stereocenters. The van der Waals surface area contributed by atoms with Crippen molar-refractivity contribution >= 4 is 27.7 Å². The van der Waals surface area contributed by atoms with Crippen LogP contribution in [0.15, 0.2) is 22.7 Å². The molecule has 0 saturated heterocycles. The Morgan fingerprint density at radius 2 is 1.96 bits per heavy atom. The molecule has 0 bridgehead atoms. The highest BCUT2D eigenvalue weighted by Crippen LogP contribution is 2.37. The molecule has 2 aliphatic rings. The van der Waals surface area contributed by atoms with Crippen LogP contribution >= 0.6 is 15.9 Å². The number of Topliss-reactive ketones (excluding diaryl/α,β-unsaturated/α-hetero) is 1. The number of carbonyl (C=O) groups is 2. The molecule has 1 aliphatic heterocycles. The topological polar surface area (TPSA) is 74.1 Å². The third-order valence-electron chi connectivity index (χ3n) is 5.41. The number of hydrogen-bond donors (Lipinski definition) is 0. The van der Waals surface area contributed by atoms with Gasteiger partial charge >= 0.3 is 5.97 Å². The van der Waals surface area contributed by atoms with Gasteiger partial charge in [-0.2, -0.15) is 0 Å². The Hall–Kier alpha value is -2.02. The Bertz CT molecular complexity index is 869. The molecule has 136 valence electrons. The molecule has 0 unspecified atom stereocenters. The maximum absolute atomic E-state index is 12.3. The molecule has 2 heterocycles. The first-order valence-electron chi connectivity index (χ1n) is 8.89. The van der Waals surface area contributed by atoms with E-state index in [0.29, 0.717) is 18.7 Å². The molecule has 26 heavy (non-hydrogen) atoms. The number of ether oxygens (including phenoxy) is 1. The van der Waals surface area contributed by atoms with E-state index in [9.17, 15) is 9.59 Å². The largest absolute Gasteiger partial charge is 0.469 e. The first-order chi connectivity index (χ1) is 12.6. The summed E-state index contributed by atoms with van der Waals surface area (Å²) in [7, 11) is 1.44. The lowest BCUT2D eigenvalue weighted by atomic mass is 9.81. The Morgan fingerprint density at radius 3 is 2.69 bits per heavy atom. The number of esters is 1. The predicted octanol–water partition coefficient (Wildman–Crippen LogP) is 3.14. The Morgan fingerprint density at radius 1 is 1.19 bits per heavy atom. The van der Waals surface area contributed by atoms with Crippen molar-refractivity contribution in [1.82, 2.24) is 14.8 Å². The lowest BCUT2D eigenvalue weighted by molar-refractivity contribution is -0.146. The maximum Gasteiger partial charge on any atom is 0.308 e. The molecule has 1 aliphatic carbocycles. The molecule has 7 heteroatoms. The van der Waals surface area contributed by atoms with Crippen molar-refractivity contribution in [2.24, 2.45) is 5.92 Å². The fraction of sp³-hybridized carbons (Fsp3) is 0.474. The van der Waals surface area contributed by atoms with Crippen LogP contribution in [0.1, 0.15) is 48.8 Å². The highest BCUT2D eigenvalue weighted by atomic mass is 79.9. The van der Waals surface area contributed by atoms with Gasteiger partial charge in [0.1, 0.15) is 17.4 Å². The zero-order valence-corrected chi connectivity index (χ0v) is 16.2. The molecule has 0 spiro atoms. The van der Waals surface area contributed by atoms with Crippen LogP contribution in [-0.2, 0) is 27.2 Å². The second-order valence-corrected chi connectivity index (χ2v) is 7.96. The van der Waals surface area contributed by atoms with Gasteiger partial charge in [-0.25, -0.2) is 0 Å². The Labute approximate surface area is 160 Å². The SMILES string of the molecule is COC(=O)C1CCC(c2nnc3n2-c2ccc(Br)cc2CC(=O)C3)CC1. The molecule has 1 fully saturated rings. The van der Waals surface area contributed by atoms with Crippen LogP contribution in [0.5, 0.6) is 0 Å². The smallest absolute Gasteiger partial charge is 0.308 e. The second-order valence-electron chi connectivity index (χ2n) is 7.05. The van der Waals surface area contributed by atoms with Crippen molar-refractivity contribution in [1.29, 1.82) is 0 Å². The van der Waals surface area contributed by atoms with E-state index in [2.05, 4.69) is 30.7 Å². The number of ketones is 1. The lowest BCUT2D eigenvalue weighted by Gasteiger charge is -2.27. The van der Waals surface area contributed by atoms with Crippen molar-refractivity contribution in [3.05, 3.63) is 39.9 Å². The molecule has 1 aromatic carbocycles. The first kappa shape index (κ1) is 17.4. The molecule has 6 nitrogen and oxygen atoms in total. The van der Waals surface area contributed by atoms with Crippen molar-refractivity contribution in [3.63, 3.8) is 0 Å². The quantitative estimate of drug-likeness (QED) is 0.701. The van der Waals surface area contributed by atoms with Crippen LogP contribution in [0.3, 0.4) is 0 Å². The van der Waals surface area contributed by atoms with E-state index in [1.54, 1.807) is 0 Å². The van der Waals surface area contributed by atoms with Crippen molar-refractivity contribution in [3.8, 4) is 5.69 Å². The summed E-state index contributed by atoms with van der Waals surface area (Å²) in [6, 6.07) is 6.01. The number of halogens is 1. The number of hydrogen-bond acceptors (Lipinski definition) is 5. The number of methoxy groups -OCH3 is 1. The molecule has 4 rings (SSSR count). The van der Waals surface area contributed by atoms with Gasteiger partial charge in [-0.3, -0.25) is 14.2 Å². The summed E-state index contributed by atoms with van der Waals surface area (Å²) in [5, 5.41) is 8.76. The fourth-order valence-corrected chi connectivity index (χ4v) is 4.50. The van der Waals surface area contributed by atoms with Crippen LogP contribution in [-0.4, -0.2) is 33.6 Å². The Balaban J connectivity index is 1.69. The summed E-state index contributed by atoms with van der Waals surface area (Å²) in [5.74, 6) is 1.86. The zero-order valence-electron chi connectivity index (χ0n) is 14.6. The van der Waals surface area contributed by atoms with Crippen LogP contribution in [0.25, 0.3) is 5.69 Å². The summed E-state index contributed by atoms with van der Waals surface area (Å²) >= 11 is 3.49. The standard InChI is InChI=1S/C19H20BrN3O3/c1-26-19(25)12-4-2-11(3-5-12)18-22-21-17-10-15(24)9-13-8-14(20)6-7-16(13)23(17)18/h6-8,11-12H,2-5,9-10H2,1H3. The summed E-state index contributed by atoms with van der Waals surface area (Å²) in [5.41, 5.74) is 1.98. The summed E-state index contributed by atoms with van der Waals surface area (Å²) in [6.45, 7) is 0. The molecule has 2 aromatic rings. The third-order valence-corrected chi connectivity index (χ3v) is 5.90. The molecular weight excluding hydrogens is 398 g/mol.